The minimum absolute atomic E-state index is 0.199. The SMILES string of the molecule is Cc1ccccc1C(=O)Nc1ncn(Cc2ccccc2)n1. The Hall–Kier alpha value is -2.95. The molecule has 0 aliphatic heterocycles. The van der Waals surface area contributed by atoms with Gasteiger partial charge in [0.25, 0.3) is 5.91 Å². The monoisotopic (exact) mass is 292 g/mol. The summed E-state index contributed by atoms with van der Waals surface area (Å²) >= 11 is 0. The fourth-order valence-corrected chi connectivity index (χ4v) is 2.20. The quantitative estimate of drug-likeness (QED) is 0.804. The molecular formula is C17H16N4O. The highest BCUT2D eigenvalue weighted by molar-refractivity contribution is 6.04. The van der Waals surface area contributed by atoms with E-state index >= 15 is 0 Å². The topological polar surface area (TPSA) is 59.8 Å². The first-order chi connectivity index (χ1) is 10.7. The van der Waals surface area contributed by atoms with Gasteiger partial charge in [-0.15, -0.1) is 5.10 Å². The van der Waals surface area contributed by atoms with Crippen molar-refractivity contribution in [2.75, 3.05) is 5.32 Å². The molecular weight excluding hydrogens is 276 g/mol. The minimum atomic E-state index is -0.199. The molecule has 3 aromatic rings. The van der Waals surface area contributed by atoms with E-state index in [-0.39, 0.29) is 5.91 Å². The molecule has 0 atom stereocenters. The number of aryl methyl sites for hydroxylation is 1. The second kappa shape index (κ2) is 6.22. The van der Waals surface area contributed by atoms with Crippen molar-refractivity contribution in [3.63, 3.8) is 0 Å². The van der Waals surface area contributed by atoms with Crippen LogP contribution in [0.25, 0.3) is 0 Å². The Morgan fingerprint density at radius 2 is 1.82 bits per heavy atom. The van der Waals surface area contributed by atoms with Crippen LogP contribution >= 0.6 is 0 Å². The van der Waals surface area contributed by atoms with Crippen molar-refractivity contribution in [1.29, 1.82) is 0 Å². The van der Waals surface area contributed by atoms with Crippen molar-refractivity contribution >= 4 is 11.9 Å². The molecule has 1 heterocycles. The third kappa shape index (κ3) is 3.20. The van der Waals surface area contributed by atoms with Crippen LogP contribution in [0.2, 0.25) is 0 Å². The molecule has 1 N–H and O–H groups in total. The third-order valence-electron chi connectivity index (χ3n) is 3.34. The number of aromatic nitrogens is 3. The molecule has 0 aliphatic rings. The number of carbonyl (C=O) groups excluding carboxylic acids is 1. The predicted molar refractivity (Wildman–Crippen MR) is 84.7 cm³/mol. The van der Waals surface area contributed by atoms with Gasteiger partial charge >= 0.3 is 0 Å². The molecule has 3 rings (SSSR count). The van der Waals surface area contributed by atoms with Crippen LogP contribution in [0, 0.1) is 6.92 Å². The maximum absolute atomic E-state index is 12.2. The van der Waals surface area contributed by atoms with Crippen LogP contribution in [0.1, 0.15) is 21.5 Å². The number of nitrogens with zero attached hydrogens (tertiary/aromatic N) is 3. The molecule has 2 aromatic carbocycles. The van der Waals surface area contributed by atoms with Gasteiger partial charge in [0.1, 0.15) is 6.33 Å². The summed E-state index contributed by atoms with van der Waals surface area (Å²) in [7, 11) is 0. The summed E-state index contributed by atoms with van der Waals surface area (Å²) in [5.41, 5.74) is 2.68. The van der Waals surface area contributed by atoms with E-state index in [9.17, 15) is 4.79 Å². The van der Waals surface area contributed by atoms with E-state index < -0.39 is 0 Å². The van der Waals surface area contributed by atoms with Crippen molar-refractivity contribution in [3.8, 4) is 0 Å². The fraction of sp³-hybridized carbons (Fsp3) is 0.118. The van der Waals surface area contributed by atoms with Crippen molar-refractivity contribution in [2.24, 2.45) is 0 Å². The normalized spacial score (nSPS) is 10.4. The summed E-state index contributed by atoms with van der Waals surface area (Å²) < 4.78 is 1.70. The van der Waals surface area contributed by atoms with Crippen LogP contribution in [-0.4, -0.2) is 20.7 Å². The Bertz CT molecular complexity index is 780. The van der Waals surface area contributed by atoms with Gasteiger partial charge < -0.3 is 0 Å². The molecule has 1 amide bonds. The predicted octanol–water partition coefficient (Wildman–Crippen LogP) is 2.89. The van der Waals surface area contributed by atoms with Crippen LogP contribution in [-0.2, 0) is 6.54 Å². The van der Waals surface area contributed by atoms with Gasteiger partial charge in [0.15, 0.2) is 0 Å². The van der Waals surface area contributed by atoms with Crippen LogP contribution < -0.4 is 5.32 Å². The lowest BCUT2D eigenvalue weighted by atomic mass is 10.1. The third-order valence-corrected chi connectivity index (χ3v) is 3.34. The first-order valence-corrected chi connectivity index (χ1v) is 7.03. The number of rotatable bonds is 4. The largest absolute Gasteiger partial charge is 0.289 e. The molecule has 5 heteroatoms. The minimum Gasteiger partial charge on any atom is -0.289 e. The second-order valence-corrected chi connectivity index (χ2v) is 5.02. The summed E-state index contributed by atoms with van der Waals surface area (Å²) in [6.45, 7) is 2.52. The molecule has 0 fully saturated rings. The highest BCUT2D eigenvalue weighted by Crippen LogP contribution is 2.09. The number of anilines is 1. The van der Waals surface area contributed by atoms with Gasteiger partial charge in [0.05, 0.1) is 6.54 Å². The zero-order chi connectivity index (χ0) is 15.4. The van der Waals surface area contributed by atoms with Crippen molar-refractivity contribution < 1.29 is 4.79 Å². The first-order valence-electron chi connectivity index (χ1n) is 7.03. The molecule has 0 radical (unpaired) electrons. The lowest BCUT2D eigenvalue weighted by molar-refractivity contribution is 0.102. The highest BCUT2D eigenvalue weighted by Gasteiger charge is 2.11. The molecule has 0 unspecified atom stereocenters. The summed E-state index contributed by atoms with van der Waals surface area (Å²) in [6, 6.07) is 17.4. The van der Waals surface area contributed by atoms with E-state index in [0.717, 1.165) is 11.1 Å². The van der Waals surface area contributed by atoms with Crippen LogP contribution in [0.15, 0.2) is 60.9 Å². The van der Waals surface area contributed by atoms with E-state index in [0.29, 0.717) is 18.1 Å². The Kier molecular flexibility index (Phi) is 3.96. The number of nitrogens with one attached hydrogen (secondary N) is 1. The Balaban J connectivity index is 1.69. The van der Waals surface area contributed by atoms with Crippen molar-refractivity contribution in [3.05, 3.63) is 77.6 Å². The second-order valence-electron chi connectivity index (χ2n) is 5.02. The van der Waals surface area contributed by atoms with Gasteiger partial charge in [-0.2, -0.15) is 0 Å². The van der Waals surface area contributed by atoms with Gasteiger partial charge in [0.2, 0.25) is 5.95 Å². The highest BCUT2D eigenvalue weighted by atomic mass is 16.1. The number of benzene rings is 2. The standard InChI is InChI=1S/C17H16N4O/c1-13-7-5-6-10-15(13)16(22)19-17-18-12-21(20-17)11-14-8-3-2-4-9-14/h2-10,12H,11H2,1H3,(H,19,20,22). The molecule has 0 spiro atoms. The number of carbonyl (C=O) groups is 1. The summed E-state index contributed by atoms with van der Waals surface area (Å²) in [6.07, 6.45) is 1.61. The molecule has 5 nitrogen and oxygen atoms in total. The van der Waals surface area contributed by atoms with Gasteiger partial charge in [-0.25, -0.2) is 9.67 Å². The maximum Gasteiger partial charge on any atom is 0.258 e. The van der Waals surface area contributed by atoms with Crippen molar-refractivity contribution in [2.45, 2.75) is 13.5 Å². The lowest BCUT2D eigenvalue weighted by Gasteiger charge is -2.04. The van der Waals surface area contributed by atoms with E-state index in [1.807, 2.05) is 55.5 Å². The average molecular weight is 292 g/mol. The maximum atomic E-state index is 12.2. The van der Waals surface area contributed by atoms with Gasteiger partial charge in [-0.1, -0.05) is 48.5 Å². The van der Waals surface area contributed by atoms with Gasteiger partial charge in [-0.3, -0.25) is 10.1 Å². The smallest absolute Gasteiger partial charge is 0.258 e. The van der Waals surface area contributed by atoms with Gasteiger partial charge in [0, 0.05) is 5.56 Å². The molecule has 0 saturated carbocycles. The summed E-state index contributed by atoms with van der Waals surface area (Å²) in [4.78, 5) is 16.3. The van der Waals surface area contributed by atoms with Crippen LogP contribution in [0.5, 0.6) is 0 Å². The van der Waals surface area contributed by atoms with Crippen LogP contribution in [0.4, 0.5) is 5.95 Å². The van der Waals surface area contributed by atoms with E-state index in [4.69, 9.17) is 0 Å². The Morgan fingerprint density at radius 1 is 1.09 bits per heavy atom. The van der Waals surface area contributed by atoms with Crippen LogP contribution in [0.3, 0.4) is 0 Å². The number of hydrogen-bond donors (Lipinski definition) is 1. The molecule has 1 aromatic heterocycles. The Morgan fingerprint density at radius 3 is 2.59 bits per heavy atom. The van der Waals surface area contributed by atoms with E-state index in [1.54, 1.807) is 17.1 Å². The van der Waals surface area contributed by atoms with Crippen molar-refractivity contribution in [1.82, 2.24) is 14.8 Å². The zero-order valence-corrected chi connectivity index (χ0v) is 12.2. The molecule has 110 valence electrons. The number of hydrogen-bond acceptors (Lipinski definition) is 3. The van der Waals surface area contributed by atoms with E-state index in [1.165, 1.54) is 0 Å². The molecule has 0 aliphatic carbocycles. The summed E-state index contributed by atoms with van der Waals surface area (Å²) in [5.74, 6) is 0.111. The van der Waals surface area contributed by atoms with Gasteiger partial charge in [-0.05, 0) is 24.1 Å². The number of amides is 1. The Labute approximate surface area is 128 Å². The molecule has 0 bridgehead atoms. The zero-order valence-electron chi connectivity index (χ0n) is 12.2. The molecule has 0 saturated heterocycles. The summed E-state index contributed by atoms with van der Waals surface area (Å²) in [5, 5.41) is 7.00. The lowest BCUT2D eigenvalue weighted by Crippen LogP contribution is -2.14. The molecule has 22 heavy (non-hydrogen) atoms. The average Bonchev–Trinajstić information content (AvgIpc) is 2.95. The first kappa shape index (κ1) is 14.0. The fourth-order valence-electron chi connectivity index (χ4n) is 2.20. The van der Waals surface area contributed by atoms with E-state index in [2.05, 4.69) is 15.4 Å².